The molecule has 4 nitrogen and oxygen atoms in total. The molecule has 0 aliphatic heterocycles. The van der Waals surface area contributed by atoms with Crippen LogP contribution in [0.3, 0.4) is 0 Å². The maximum Gasteiger partial charge on any atom is 0.326 e. The molecule has 1 rings (SSSR count). The second-order valence-electron chi connectivity index (χ2n) is 4.54. The number of aliphatic carboxylic acids is 1. The van der Waals surface area contributed by atoms with Gasteiger partial charge in [0.15, 0.2) is 0 Å². The van der Waals surface area contributed by atoms with E-state index in [-0.39, 0.29) is 5.92 Å². The minimum atomic E-state index is -1.07. The van der Waals surface area contributed by atoms with E-state index in [1.807, 2.05) is 0 Å². The maximum absolute atomic E-state index is 11.7. The minimum Gasteiger partial charge on any atom is -0.480 e. The number of carboxylic acids is 1. The molecule has 0 bridgehead atoms. The van der Waals surface area contributed by atoms with Crippen molar-refractivity contribution in [3.63, 3.8) is 0 Å². The average molecular weight is 316 g/mol. The lowest BCUT2D eigenvalue weighted by Crippen LogP contribution is -2.43. The van der Waals surface area contributed by atoms with E-state index in [4.69, 9.17) is 28.3 Å². The fourth-order valence-electron chi connectivity index (χ4n) is 1.53. The minimum absolute atomic E-state index is 0.209. The monoisotopic (exact) mass is 315 g/mol. The highest BCUT2D eigenvalue weighted by atomic mass is 35.5. The Bertz CT molecular complexity index is 541. The Morgan fingerprint density at radius 3 is 2.50 bits per heavy atom. The number of amides is 1. The summed E-state index contributed by atoms with van der Waals surface area (Å²) in [6.07, 6.45) is 2.72. The number of hydrogen-bond donors (Lipinski definition) is 2. The smallest absolute Gasteiger partial charge is 0.326 e. The molecule has 0 aromatic heterocycles. The third kappa shape index (κ3) is 4.54. The van der Waals surface area contributed by atoms with E-state index >= 15 is 0 Å². The first-order valence-corrected chi connectivity index (χ1v) is 6.74. The number of carbonyl (C=O) groups is 2. The van der Waals surface area contributed by atoms with Crippen LogP contribution in [0, 0.1) is 5.92 Å². The molecular formula is C14H15Cl2NO3. The van der Waals surface area contributed by atoms with Gasteiger partial charge in [-0.25, -0.2) is 4.79 Å². The lowest BCUT2D eigenvalue weighted by Gasteiger charge is -2.16. The van der Waals surface area contributed by atoms with Crippen molar-refractivity contribution >= 4 is 41.2 Å². The third-order valence-corrected chi connectivity index (χ3v) is 3.46. The first-order valence-electron chi connectivity index (χ1n) is 5.98. The SMILES string of the molecule is CC(C)C(NC(=O)/C=C/c1cccc(Cl)c1Cl)C(=O)O. The van der Waals surface area contributed by atoms with Gasteiger partial charge >= 0.3 is 5.97 Å². The summed E-state index contributed by atoms with van der Waals surface area (Å²) in [7, 11) is 0. The fourth-order valence-corrected chi connectivity index (χ4v) is 1.90. The predicted molar refractivity (Wildman–Crippen MR) is 79.9 cm³/mol. The van der Waals surface area contributed by atoms with Gasteiger partial charge in [0.1, 0.15) is 6.04 Å². The summed E-state index contributed by atoms with van der Waals surface area (Å²) in [5.74, 6) is -1.77. The molecule has 1 unspecified atom stereocenters. The zero-order valence-electron chi connectivity index (χ0n) is 11.1. The van der Waals surface area contributed by atoms with Crippen LogP contribution in [0.1, 0.15) is 19.4 Å². The highest BCUT2D eigenvalue weighted by Crippen LogP contribution is 2.26. The first kappa shape index (κ1) is 16.5. The largest absolute Gasteiger partial charge is 0.480 e. The van der Waals surface area contributed by atoms with Crippen LogP contribution in [0.4, 0.5) is 0 Å². The number of carbonyl (C=O) groups excluding carboxylic acids is 1. The molecule has 0 saturated carbocycles. The lowest BCUT2D eigenvalue weighted by molar-refractivity contribution is -0.142. The van der Waals surface area contributed by atoms with Gasteiger partial charge in [0.25, 0.3) is 0 Å². The number of benzene rings is 1. The van der Waals surface area contributed by atoms with Gasteiger partial charge in [-0.2, -0.15) is 0 Å². The van der Waals surface area contributed by atoms with Crippen molar-refractivity contribution in [1.29, 1.82) is 0 Å². The van der Waals surface area contributed by atoms with Crippen LogP contribution in [-0.4, -0.2) is 23.0 Å². The molecule has 0 heterocycles. The molecule has 0 radical (unpaired) electrons. The van der Waals surface area contributed by atoms with Gasteiger partial charge in [0.05, 0.1) is 10.0 Å². The van der Waals surface area contributed by atoms with Gasteiger partial charge in [-0.1, -0.05) is 49.2 Å². The van der Waals surface area contributed by atoms with E-state index in [9.17, 15) is 9.59 Å². The molecule has 2 N–H and O–H groups in total. The van der Waals surface area contributed by atoms with Gasteiger partial charge in [0.2, 0.25) is 5.91 Å². The van der Waals surface area contributed by atoms with Gasteiger partial charge in [-0.15, -0.1) is 0 Å². The van der Waals surface area contributed by atoms with Gasteiger partial charge in [0, 0.05) is 6.08 Å². The van der Waals surface area contributed by atoms with E-state index in [0.717, 1.165) is 0 Å². The van der Waals surface area contributed by atoms with Crippen LogP contribution < -0.4 is 5.32 Å². The normalized spacial score (nSPS) is 12.7. The Labute approximate surface area is 127 Å². The van der Waals surface area contributed by atoms with Crippen LogP contribution >= 0.6 is 23.2 Å². The van der Waals surface area contributed by atoms with Crippen molar-refractivity contribution in [3.8, 4) is 0 Å². The van der Waals surface area contributed by atoms with Crippen molar-refractivity contribution < 1.29 is 14.7 Å². The molecule has 0 fully saturated rings. The Hall–Kier alpha value is -1.52. The van der Waals surface area contributed by atoms with Crippen molar-refractivity contribution in [2.24, 2.45) is 5.92 Å². The summed E-state index contributed by atoms with van der Waals surface area (Å²) in [5, 5.41) is 12.1. The molecule has 0 aliphatic carbocycles. The van der Waals surface area contributed by atoms with Gasteiger partial charge in [-0.3, -0.25) is 4.79 Å². The highest BCUT2D eigenvalue weighted by Gasteiger charge is 2.22. The fraction of sp³-hybridized carbons (Fsp3) is 0.286. The first-order chi connectivity index (χ1) is 9.32. The van der Waals surface area contributed by atoms with Crippen LogP contribution in [0.2, 0.25) is 10.0 Å². The summed E-state index contributed by atoms with van der Waals surface area (Å²) < 4.78 is 0. The van der Waals surface area contributed by atoms with Gasteiger partial charge < -0.3 is 10.4 Å². The number of rotatable bonds is 5. The molecule has 1 aromatic carbocycles. The van der Waals surface area contributed by atoms with Crippen LogP contribution in [0.15, 0.2) is 24.3 Å². The molecule has 108 valence electrons. The summed E-state index contributed by atoms with van der Waals surface area (Å²) in [6.45, 7) is 3.44. The van der Waals surface area contributed by atoms with E-state index in [0.29, 0.717) is 15.6 Å². The van der Waals surface area contributed by atoms with E-state index in [1.165, 1.54) is 12.2 Å². The summed E-state index contributed by atoms with van der Waals surface area (Å²) >= 11 is 11.8. The zero-order chi connectivity index (χ0) is 15.3. The summed E-state index contributed by atoms with van der Waals surface area (Å²) in [5.41, 5.74) is 0.589. The standard InChI is InChI=1S/C14H15Cl2NO3/c1-8(2)13(14(19)20)17-11(18)7-6-9-4-3-5-10(15)12(9)16/h3-8,13H,1-2H3,(H,17,18)(H,19,20)/b7-6+. The van der Waals surface area contributed by atoms with E-state index in [2.05, 4.69) is 5.32 Å². The molecule has 0 spiro atoms. The van der Waals surface area contributed by atoms with E-state index in [1.54, 1.807) is 32.0 Å². The molecule has 1 atom stereocenters. The highest BCUT2D eigenvalue weighted by molar-refractivity contribution is 6.42. The Morgan fingerprint density at radius 2 is 1.95 bits per heavy atom. The summed E-state index contributed by atoms with van der Waals surface area (Å²) in [4.78, 5) is 22.7. The second-order valence-corrected chi connectivity index (χ2v) is 5.33. The van der Waals surface area contributed by atoms with Crippen LogP contribution in [-0.2, 0) is 9.59 Å². The molecule has 6 heteroatoms. The Morgan fingerprint density at radius 1 is 1.30 bits per heavy atom. The molecule has 0 saturated heterocycles. The molecule has 20 heavy (non-hydrogen) atoms. The molecule has 1 amide bonds. The third-order valence-electron chi connectivity index (χ3n) is 2.63. The molecule has 0 aliphatic rings. The zero-order valence-corrected chi connectivity index (χ0v) is 12.6. The average Bonchev–Trinajstić information content (AvgIpc) is 2.37. The van der Waals surface area contributed by atoms with Crippen molar-refractivity contribution in [1.82, 2.24) is 5.32 Å². The van der Waals surface area contributed by atoms with Crippen LogP contribution in [0.5, 0.6) is 0 Å². The van der Waals surface area contributed by atoms with Crippen LogP contribution in [0.25, 0.3) is 6.08 Å². The number of carboxylic acid groups (broad SMARTS) is 1. The van der Waals surface area contributed by atoms with Crippen molar-refractivity contribution in [3.05, 3.63) is 39.9 Å². The number of halogens is 2. The van der Waals surface area contributed by atoms with Crippen molar-refractivity contribution in [2.75, 3.05) is 0 Å². The van der Waals surface area contributed by atoms with Crippen molar-refractivity contribution in [2.45, 2.75) is 19.9 Å². The number of hydrogen-bond acceptors (Lipinski definition) is 2. The second kappa shape index (κ2) is 7.31. The van der Waals surface area contributed by atoms with Gasteiger partial charge in [-0.05, 0) is 23.6 Å². The number of nitrogens with one attached hydrogen (secondary N) is 1. The maximum atomic E-state index is 11.7. The Kier molecular flexibility index (Phi) is 6.05. The lowest BCUT2D eigenvalue weighted by atomic mass is 10.0. The topological polar surface area (TPSA) is 66.4 Å². The molecular weight excluding hydrogens is 301 g/mol. The Balaban J connectivity index is 2.77. The quantitative estimate of drug-likeness (QED) is 0.820. The molecule has 1 aromatic rings. The van der Waals surface area contributed by atoms with E-state index < -0.39 is 17.9 Å². The predicted octanol–water partition coefficient (Wildman–Crippen LogP) is 3.23. The summed E-state index contributed by atoms with van der Waals surface area (Å²) in [6, 6.07) is 4.12.